The summed E-state index contributed by atoms with van der Waals surface area (Å²) < 4.78 is 29.0. The zero-order chi connectivity index (χ0) is 14.8. The molecule has 20 heavy (non-hydrogen) atoms. The van der Waals surface area contributed by atoms with E-state index in [9.17, 15) is 14.5 Å². The molecule has 1 aromatic heterocycles. The largest absolute Gasteiger partial charge is 0.480 e. The topological polar surface area (TPSA) is 86.0 Å². The van der Waals surface area contributed by atoms with Crippen LogP contribution >= 0.6 is 19.4 Å². The third kappa shape index (κ3) is 2.81. The van der Waals surface area contributed by atoms with Crippen LogP contribution in [0.15, 0.2) is 16.7 Å². The molecule has 0 saturated heterocycles. The summed E-state index contributed by atoms with van der Waals surface area (Å²) in [5, 5.41) is 8.52. The Kier molecular flexibility index (Phi) is 4.96. The second-order valence-corrected chi connectivity index (χ2v) is 7.47. The molecule has 2 rings (SSSR count). The molecule has 0 spiro atoms. The Morgan fingerprint density at radius 2 is 2.15 bits per heavy atom. The number of rotatable bonds is 6. The van der Waals surface area contributed by atoms with Gasteiger partial charge in [-0.3, -0.25) is 9.36 Å². The van der Waals surface area contributed by atoms with Crippen molar-refractivity contribution in [3.8, 4) is 0 Å². The predicted molar refractivity (Wildman–Crippen MR) is 75.0 cm³/mol. The highest BCUT2D eigenvalue weighted by atomic mass is 32.2. The van der Waals surface area contributed by atoms with Gasteiger partial charge >= 0.3 is 13.6 Å². The molecule has 112 valence electrons. The Hall–Kier alpha value is -0.750. The van der Waals surface area contributed by atoms with Crippen LogP contribution in [0.1, 0.15) is 30.8 Å². The van der Waals surface area contributed by atoms with E-state index in [1.165, 1.54) is 18.0 Å². The van der Waals surface area contributed by atoms with Gasteiger partial charge in [-0.15, -0.1) is 11.8 Å². The number of hydrogen-bond acceptors (Lipinski definition) is 6. The first-order valence-electron chi connectivity index (χ1n) is 6.33. The number of thioether (sulfide) groups is 1. The summed E-state index contributed by atoms with van der Waals surface area (Å²) in [4.78, 5) is 11.5. The monoisotopic (exact) mass is 320 g/mol. The van der Waals surface area contributed by atoms with Crippen molar-refractivity contribution in [2.45, 2.75) is 30.5 Å². The van der Waals surface area contributed by atoms with Crippen molar-refractivity contribution >= 4 is 25.3 Å². The molecule has 0 bridgehead atoms. The van der Waals surface area contributed by atoms with Crippen LogP contribution in [0.2, 0.25) is 0 Å². The van der Waals surface area contributed by atoms with Crippen LogP contribution in [0.5, 0.6) is 0 Å². The molecule has 8 heteroatoms. The quantitative estimate of drug-likeness (QED) is 0.805. The van der Waals surface area contributed by atoms with Crippen molar-refractivity contribution in [1.82, 2.24) is 0 Å². The van der Waals surface area contributed by atoms with Gasteiger partial charge in [0.2, 0.25) is 0 Å². The highest BCUT2D eigenvalue weighted by molar-refractivity contribution is 8.00. The maximum absolute atomic E-state index is 13.0. The molecule has 0 fully saturated rings. The van der Waals surface area contributed by atoms with E-state index >= 15 is 0 Å². The first kappa shape index (κ1) is 15.6. The molecule has 2 heterocycles. The summed E-state index contributed by atoms with van der Waals surface area (Å²) in [5.74, 6) is 0.0530. The first-order chi connectivity index (χ1) is 9.53. The highest BCUT2D eigenvalue weighted by Crippen LogP contribution is 2.66. The third-order valence-corrected chi connectivity index (χ3v) is 6.94. The van der Waals surface area contributed by atoms with Gasteiger partial charge in [-0.05, 0) is 19.9 Å². The Labute approximate surface area is 121 Å². The summed E-state index contributed by atoms with van der Waals surface area (Å²) in [6, 6.07) is 1.65. The lowest BCUT2D eigenvalue weighted by Gasteiger charge is -2.32. The van der Waals surface area contributed by atoms with Crippen LogP contribution < -0.4 is 0 Å². The van der Waals surface area contributed by atoms with Gasteiger partial charge < -0.3 is 18.6 Å². The summed E-state index contributed by atoms with van der Waals surface area (Å²) in [6.07, 6.45) is 1.48. The van der Waals surface area contributed by atoms with E-state index in [0.717, 1.165) is 0 Å². The number of fused-ring (bicyclic) bond motifs is 1. The van der Waals surface area contributed by atoms with Crippen molar-refractivity contribution in [2.24, 2.45) is 0 Å². The fraction of sp³-hybridized carbons (Fsp3) is 0.583. The third-order valence-electron chi connectivity index (χ3n) is 2.98. The molecule has 0 aliphatic carbocycles. The van der Waals surface area contributed by atoms with E-state index in [1.54, 1.807) is 19.9 Å². The lowest BCUT2D eigenvalue weighted by atomic mass is 10.1. The summed E-state index contributed by atoms with van der Waals surface area (Å²) >= 11 is 1.18. The fourth-order valence-electron chi connectivity index (χ4n) is 2.25. The Balaban J connectivity index is 2.47. The normalized spacial score (nSPS) is 22.5. The van der Waals surface area contributed by atoms with Gasteiger partial charge in [0.1, 0.15) is 16.7 Å². The van der Waals surface area contributed by atoms with Gasteiger partial charge in [0.15, 0.2) is 0 Å². The van der Waals surface area contributed by atoms with E-state index < -0.39 is 24.5 Å². The molecule has 0 radical (unpaired) electrons. The van der Waals surface area contributed by atoms with Crippen molar-refractivity contribution in [3.63, 3.8) is 0 Å². The van der Waals surface area contributed by atoms with E-state index in [4.69, 9.17) is 13.5 Å². The highest BCUT2D eigenvalue weighted by Gasteiger charge is 2.49. The van der Waals surface area contributed by atoms with Crippen molar-refractivity contribution in [3.05, 3.63) is 23.7 Å². The van der Waals surface area contributed by atoms with Crippen LogP contribution in [-0.2, 0) is 24.2 Å². The predicted octanol–water partition coefficient (Wildman–Crippen LogP) is 3.29. The average molecular weight is 320 g/mol. The number of carbonyl (C=O) groups is 1. The smallest absolute Gasteiger partial charge is 0.339 e. The molecule has 2 atom stereocenters. The lowest BCUT2D eigenvalue weighted by Crippen LogP contribution is -2.29. The standard InChI is InChI=1S/C12H17O6PS/c1-3-17-19(15,18-4-2)10-8-5-6-16-9(8)7-20-11(10)12(13)14/h5-6,10-11H,3-4,7H2,1-2H3,(H,13,14). The fourth-order valence-corrected chi connectivity index (χ4v) is 6.14. The minimum atomic E-state index is -3.57. The zero-order valence-corrected chi connectivity index (χ0v) is 13.0. The molecule has 0 aromatic carbocycles. The van der Waals surface area contributed by atoms with E-state index in [1.807, 2.05) is 0 Å². The SMILES string of the molecule is CCOP(=O)(OCC)C1c2ccoc2CSC1C(=O)O. The van der Waals surface area contributed by atoms with Gasteiger partial charge in [0.05, 0.1) is 25.2 Å². The van der Waals surface area contributed by atoms with Crippen LogP contribution in [0.3, 0.4) is 0 Å². The van der Waals surface area contributed by atoms with Crippen LogP contribution in [0, 0.1) is 0 Å². The van der Waals surface area contributed by atoms with Crippen LogP contribution in [0.25, 0.3) is 0 Å². The summed E-state index contributed by atoms with van der Waals surface area (Å²) in [5.41, 5.74) is -0.228. The van der Waals surface area contributed by atoms with E-state index in [2.05, 4.69) is 0 Å². The molecule has 1 aliphatic heterocycles. The van der Waals surface area contributed by atoms with Gasteiger partial charge in [0.25, 0.3) is 0 Å². The number of carboxylic acid groups (broad SMARTS) is 1. The van der Waals surface area contributed by atoms with E-state index in [0.29, 0.717) is 17.1 Å². The molecule has 1 aliphatic rings. The number of carboxylic acids is 1. The second kappa shape index (κ2) is 6.35. The van der Waals surface area contributed by atoms with Crippen LogP contribution in [0.4, 0.5) is 0 Å². The van der Waals surface area contributed by atoms with Crippen molar-refractivity contribution in [2.75, 3.05) is 13.2 Å². The molecule has 0 saturated carbocycles. The molecule has 1 aromatic rings. The molecule has 1 N–H and O–H groups in total. The Morgan fingerprint density at radius 1 is 1.50 bits per heavy atom. The van der Waals surface area contributed by atoms with Gasteiger partial charge in [-0.1, -0.05) is 0 Å². The van der Waals surface area contributed by atoms with Crippen molar-refractivity contribution in [1.29, 1.82) is 0 Å². The lowest BCUT2D eigenvalue weighted by molar-refractivity contribution is -0.136. The maximum atomic E-state index is 13.0. The molecule has 6 nitrogen and oxygen atoms in total. The first-order valence-corrected chi connectivity index (χ1v) is 8.99. The Morgan fingerprint density at radius 3 is 2.70 bits per heavy atom. The summed E-state index contributed by atoms with van der Waals surface area (Å²) in [7, 11) is -3.57. The minimum absolute atomic E-state index is 0.192. The zero-order valence-electron chi connectivity index (χ0n) is 11.3. The van der Waals surface area contributed by atoms with Gasteiger partial charge in [0, 0.05) is 5.56 Å². The maximum Gasteiger partial charge on any atom is 0.339 e. The second-order valence-electron chi connectivity index (χ2n) is 4.19. The molecule has 0 amide bonds. The summed E-state index contributed by atoms with van der Waals surface area (Å²) in [6.45, 7) is 3.79. The minimum Gasteiger partial charge on any atom is -0.480 e. The van der Waals surface area contributed by atoms with Crippen LogP contribution in [-0.4, -0.2) is 29.5 Å². The molecular weight excluding hydrogens is 303 g/mol. The van der Waals surface area contributed by atoms with E-state index in [-0.39, 0.29) is 13.2 Å². The number of aliphatic carboxylic acids is 1. The Bertz CT molecular complexity index is 518. The van der Waals surface area contributed by atoms with Gasteiger partial charge in [-0.25, -0.2) is 0 Å². The van der Waals surface area contributed by atoms with Gasteiger partial charge in [-0.2, -0.15) is 0 Å². The average Bonchev–Trinajstić information content (AvgIpc) is 2.85. The van der Waals surface area contributed by atoms with Crippen molar-refractivity contribution < 1.29 is 27.9 Å². The molecular formula is C12H17O6PS. The number of furan rings is 1. The molecule has 2 unspecified atom stereocenters. The number of hydrogen-bond donors (Lipinski definition) is 1.